The normalized spacial score (nSPS) is 16.1. The summed E-state index contributed by atoms with van der Waals surface area (Å²) in [5.74, 6) is 0.599. The van der Waals surface area contributed by atoms with Crippen LogP contribution in [0, 0.1) is 5.82 Å². The number of ether oxygens (including phenoxy) is 1. The largest absolute Gasteiger partial charge is 0.489 e. The van der Waals surface area contributed by atoms with Crippen molar-refractivity contribution < 1.29 is 9.13 Å². The van der Waals surface area contributed by atoms with E-state index in [1.165, 1.54) is 57.1 Å². The molecule has 1 saturated carbocycles. The molecule has 1 fully saturated rings. The van der Waals surface area contributed by atoms with Gasteiger partial charge in [0.15, 0.2) is 0 Å². The van der Waals surface area contributed by atoms with Crippen LogP contribution >= 0.6 is 11.6 Å². The van der Waals surface area contributed by atoms with Gasteiger partial charge >= 0.3 is 0 Å². The Morgan fingerprint density at radius 3 is 2.38 bits per heavy atom. The number of hydrogen-bond donors (Lipinski definition) is 1. The Kier molecular flexibility index (Phi) is 7.33. The van der Waals surface area contributed by atoms with Crippen LogP contribution in [0.4, 0.5) is 4.39 Å². The number of nitrogens with one attached hydrogen (secondary N) is 1. The minimum absolute atomic E-state index is 0.232. The standard InChI is InChI=1S/C22H27ClFNO/c23-19-10-13-22(26-16-17-8-11-20(24)12-9-17)18(14-19)15-25-21-6-4-2-1-3-5-7-21/h8-14,21,25H,1-7,15-16H2. The van der Waals surface area contributed by atoms with E-state index in [0.717, 1.165) is 23.4 Å². The molecule has 3 rings (SSSR count). The molecule has 26 heavy (non-hydrogen) atoms. The van der Waals surface area contributed by atoms with Crippen molar-refractivity contribution in [2.24, 2.45) is 0 Å². The fourth-order valence-electron chi connectivity index (χ4n) is 3.48. The van der Waals surface area contributed by atoms with E-state index >= 15 is 0 Å². The third kappa shape index (κ3) is 6.00. The molecule has 1 aliphatic rings. The van der Waals surface area contributed by atoms with Crippen LogP contribution in [0.5, 0.6) is 5.75 Å². The molecule has 1 N–H and O–H groups in total. The lowest BCUT2D eigenvalue weighted by Crippen LogP contribution is -2.29. The molecule has 2 aromatic carbocycles. The van der Waals surface area contributed by atoms with E-state index in [0.29, 0.717) is 17.7 Å². The zero-order valence-electron chi connectivity index (χ0n) is 15.1. The summed E-state index contributed by atoms with van der Waals surface area (Å²) < 4.78 is 19.0. The van der Waals surface area contributed by atoms with Crippen molar-refractivity contribution in [3.63, 3.8) is 0 Å². The number of benzene rings is 2. The molecule has 0 atom stereocenters. The molecule has 0 spiro atoms. The summed E-state index contributed by atoms with van der Waals surface area (Å²) in [6, 6.07) is 12.7. The first-order valence-electron chi connectivity index (χ1n) is 9.60. The second kappa shape index (κ2) is 9.94. The Hall–Kier alpha value is -1.58. The molecular weight excluding hydrogens is 349 g/mol. The Bertz CT molecular complexity index is 681. The lowest BCUT2D eigenvalue weighted by atomic mass is 9.96. The SMILES string of the molecule is Fc1ccc(COc2ccc(Cl)cc2CNC2CCCCCCC2)cc1. The predicted molar refractivity (Wildman–Crippen MR) is 105 cm³/mol. The first kappa shape index (κ1) is 19.2. The highest BCUT2D eigenvalue weighted by molar-refractivity contribution is 6.30. The molecule has 0 unspecified atom stereocenters. The highest BCUT2D eigenvalue weighted by atomic mass is 35.5. The Morgan fingerprint density at radius 1 is 0.962 bits per heavy atom. The number of hydrogen-bond acceptors (Lipinski definition) is 2. The van der Waals surface area contributed by atoms with Crippen LogP contribution in [-0.4, -0.2) is 6.04 Å². The fraction of sp³-hybridized carbons (Fsp3) is 0.455. The highest BCUT2D eigenvalue weighted by Crippen LogP contribution is 2.25. The lowest BCUT2D eigenvalue weighted by molar-refractivity contribution is 0.300. The molecule has 0 bridgehead atoms. The summed E-state index contributed by atoms with van der Waals surface area (Å²) in [4.78, 5) is 0. The van der Waals surface area contributed by atoms with Crippen molar-refractivity contribution in [1.29, 1.82) is 0 Å². The van der Waals surface area contributed by atoms with Crippen molar-refractivity contribution in [2.45, 2.75) is 64.1 Å². The lowest BCUT2D eigenvalue weighted by Gasteiger charge is -2.22. The average molecular weight is 376 g/mol. The predicted octanol–water partition coefficient (Wildman–Crippen LogP) is 6.26. The van der Waals surface area contributed by atoms with Gasteiger partial charge in [-0.15, -0.1) is 0 Å². The van der Waals surface area contributed by atoms with Crippen LogP contribution in [0.3, 0.4) is 0 Å². The van der Waals surface area contributed by atoms with Gasteiger partial charge in [-0.25, -0.2) is 4.39 Å². The third-order valence-electron chi connectivity index (χ3n) is 5.02. The maximum atomic E-state index is 13.0. The molecule has 140 valence electrons. The second-order valence-electron chi connectivity index (χ2n) is 7.09. The molecule has 2 aromatic rings. The van der Waals surface area contributed by atoms with Gasteiger partial charge in [0.2, 0.25) is 0 Å². The van der Waals surface area contributed by atoms with Crippen LogP contribution in [0.1, 0.15) is 56.1 Å². The van der Waals surface area contributed by atoms with Crippen LogP contribution in [0.2, 0.25) is 5.02 Å². The minimum Gasteiger partial charge on any atom is -0.489 e. The molecular formula is C22H27ClFNO. The molecule has 0 aliphatic heterocycles. The third-order valence-corrected chi connectivity index (χ3v) is 5.25. The van der Waals surface area contributed by atoms with Gasteiger partial charge in [-0.1, -0.05) is 55.8 Å². The summed E-state index contributed by atoms with van der Waals surface area (Å²) in [6.45, 7) is 1.17. The fourth-order valence-corrected chi connectivity index (χ4v) is 3.68. The summed E-state index contributed by atoms with van der Waals surface area (Å²) in [5, 5.41) is 4.41. The zero-order valence-corrected chi connectivity index (χ0v) is 15.9. The van der Waals surface area contributed by atoms with Gasteiger partial charge in [0.05, 0.1) is 0 Å². The monoisotopic (exact) mass is 375 g/mol. The maximum Gasteiger partial charge on any atom is 0.124 e. The van der Waals surface area contributed by atoms with Crippen molar-refractivity contribution in [3.05, 3.63) is 64.4 Å². The molecule has 0 amide bonds. The van der Waals surface area contributed by atoms with E-state index in [1.807, 2.05) is 18.2 Å². The summed E-state index contributed by atoms with van der Waals surface area (Å²) >= 11 is 6.20. The van der Waals surface area contributed by atoms with E-state index in [-0.39, 0.29) is 5.82 Å². The second-order valence-corrected chi connectivity index (χ2v) is 7.53. The highest BCUT2D eigenvalue weighted by Gasteiger charge is 2.12. The molecule has 0 aromatic heterocycles. The summed E-state index contributed by atoms with van der Waals surface area (Å²) in [5.41, 5.74) is 2.02. The van der Waals surface area contributed by atoms with Gasteiger partial charge < -0.3 is 10.1 Å². The molecule has 0 radical (unpaired) electrons. The van der Waals surface area contributed by atoms with E-state index in [2.05, 4.69) is 5.32 Å². The number of halogens is 2. The van der Waals surface area contributed by atoms with E-state index < -0.39 is 0 Å². The Morgan fingerprint density at radius 2 is 1.65 bits per heavy atom. The van der Waals surface area contributed by atoms with Gasteiger partial charge in [0.25, 0.3) is 0 Å². The quantitative estimate of drug-likeness (QED) is 0.643. The Balaban J connectivity index is 1.60. The molecule has 0 heterocycles. The smallest absolute Gasteiger partial charge is 0.124 e. The molecule has 2 nitrogen and oxygen atoms in total. The van der Waals surface area contributed by atoms with Gasteiger partial charge in [0.1, 0.15) is 18.2 Å². The van der Waals surface area contributed by atoms with Gasteiger partial charge in [-0.2, -0.15) is 0 Å². The van der Waals surface area contributed by atoms with Gasteiger partial charge in [-0.05, 0) is 48.7 Å². The van der Waals surface area contributed by atoms with Gasteiger partial charge in [-0.3, -0.25) is 0 Å². The molecule has 0 saturated heterocycles. The van der Waals surface area contributed by atoms with Crippen molar-refractivity contribution >= 4 is 11.6 Å². The summed E-state index contributed by atoms with van der Waals surface area (Å²) in [6.07, 6.45) is 9.17. The maximum absolute atomic E-state index is 13.0. The zero-order chi connectivity index (χ0) is 18.2. The van der Waals surface area contributed by atoms with Gasteiger partial charge in [0, 0.05) is 23.2 Å². The van der Waals surface area contributed by atoms with Crippen molar-refractivity contribution in [1.82, 2.24) is 5.32 Å². The van der Waals surface area contributed by atoms with E-state index in [4.69, 9.17) is 16.3 Å². The van der Waals surface area contributed by atoms with Crippen molar-refractivity contribution in [2.75, 3.05) is 0 Å². The Labute approximate surface area is 160 Å². The van der Waals surface area contributed by atoms with Crippen LogP contribution in [-0.2, 0) is 13.2 Å². The van der Waals surface area contributed by atoms with E-state index in [1.54, 1.807) is 12.1 Å². The summed E-state index contributed by atoms with van der Waals surface area (Å²) in [7, 11) is 0. The topological polar surface area (TPSA) is 21.3 Å². The van der Waals surface area contributed by atoms with E-state index in [9.17, 15) is 4.39 Å². The van der Waals surface area contributed by atoms with Crippen LogP contribution in [0.15, 0.2) is 42.5 Å². The molecule has 1 aliphatic carbocycles. The first-order chi connectivity index (χ1) is 12.7. The van der Waals surface area contributed by atoms with Crippen molar-refractivity contribution in [3.8, 4) is 5.75 Å². The van der Waals surface area contributed by atoms with Crippen LogP contribution < -0.4 is 10.1 Å². The first-order valence-corrected chi connectivity index (χ1v) is 9.97. The van der Waals surface area contributed by atoms with Crippen LogP contribution in [0.25, 0.3) is 0 Å². The average Bonchev–Trinajstić information content (AvgIpc) is 2.61. The molecule has 4 heteroatoms. The number of rotatable bonds is 6. The minimum atomic E-state index is -0.232.